The van der Waals surface area contributed by atoms with E-state index in [2.05, 4.69) is 10.2 Å². The van der Waals surface area contributed by atoms with Crippen LogP contribution in [-0.4, -0.2) is 58.5 Å². The summed E-state index contributed by atoms with van der Waals surface area (Å²) in [5.74, 6) is 0.714. The third-order valence-corrected chi connectivity index (χ3v) is 4.24. The van der Waals surface area contributed by atoms with Crippen molar-refractivity contribution in [3.8, 4) is 0 Å². The highest BCUT2D eigenvalue weighted by Gasteiger charge is 2.27. The van der Waals surface area contributed by atoms with Gasteiger partial charge in [-0.2, -0.15) is 0 Å². The van der Waals surface area contributed by atoms with E-state index < -0.39 is 0 Å². The zero-order valence-electron chi connectivity index (χ0n) is 13.6. The molecule has 1 aliphatic rings. The number of benzene rings is 1. The fourth-order valence-corrected chi connectivity index (χ4v) is 2.87. The fraction of sp³-hybridized carbons (Fsp3) is 0.412. The smallest absolute Gasteiger partial charge is 0.224 e. The van der Waals surface area contributed by atoms with Crippen LogP contribution < -0.4 is 0 Å². The predicted molar refractivity (Wildman–Crippen MR) is 86.2 cm³/mol. The summed E-state index contributed by atoms with van der Waals surface area (Å²) in [6, 6.07) is 9.71. The Morgan fingerprint density at radius 3 is 2.50 bits per heavy atom. The monoisotopic (exact) mass is 328 g/mol. The lowest BCUT2D eigenvalue weighted by Gasteiger charge is -2.33. The Morgan fingerprint density at radius 1 is 1.21 bits per heavy atom. The van der Waals surface area contributed by atoms with Crippen LogP contribution in [0, 0.1) is 6.92 Å². The molecule has 2 aromatic rings. The van der Waals surface area contributed by atoms with Crippen LogP contribution in [0.2, 0.25) is 0 Å². The maximum atomic E-state index is 12.7. The molecule has 1 aromatic heterocycles. The minimum Gasteiger partial charge on any atom is -0.425 e. The number of hydrogen-bond donors (Lipinski definition) is 0. The number of piperazine rings is 1. The number of carbonyl (C=O) groups excluding carboxylic acids is 2. The lowest BCUT2D eigenvalue weighted by atomic mass is 9.95. The number of carbonyl (C=O) groups is 2. The van der Waals surface area contributed by atoms with E-state index in [1.54, 1.807) is 16.7 Å². The normalized spacial score (nSPS) is 16.0. The summed E-state index contributed by atoms with van der Waals surface area (Å²) in [7, 11) is 0. The van der Waals surface area contributed by atoms with Crippen LogP contribution in [0.15, 0.2) is 34.7 Å². The molecule has 24 heavy (non-hydrogen) atoms. The van der Waals surface area contributed by atoms with Gasteiger partial charge in [0, 0.05) is 39.5 Å². The summed E-state index contributed by atoms with van der Waals surface area (Å²) in [5.41, 5.74) is 0.973. The van der Waals surface area contributed by atoms with Crippen LogP contribution in [-0.2, 0) is 9.59 Å². The van der Waals surface area contributed by atoms with Gasteiger partial charge in [-0.05, 0) is 5.56 Å². The van der Waals surface area contributed by atoms with Crippen molar-refractivity contribution in [1.82, 2.24) is 20.0 Å². The summed E-state index contributed by atoms with van der Waals surface area (Å²) in [6.07, 6.45) is 1.10. The second kappa shape index (κ2) is 7.25. The van der Waals surface area contributed by atoms with Crippen LogP contribution >= 0.6 is 0 Å². The van der Waals surface area contributed by atoms with E-state index in [1.165, 1.54) is 0 Å². The number of aryl methyl sites for hydroxylation is 1. The van der Waals surface area contributed by atoms with Crippen molar-refractivity contribution in [2.45, 2.75) is 19.3 Å². The zero-order valence-corrected chi connectivity index (χ0v) is 13.6. The average molecular weight is 328 g/mol. The first-order chi connectivity index (χ1) is 11.7. The van der Waals surface area contributed by atoms with Crippen LogP contribution in [0.1, 0.15) is 29.7 Å². The summed E-state index contributed by atoms with van der Waals surface area (Å²) in [4.78, 5) is 26.9. The number of amides is 2. The third kappa shape index (κ3) is 3.61. The lowest BCUT2D eigenvalue weighted by molar-refractivity contribution is -0.135. The van der Waals surface area contributed by atoms with Crippen molar-refractivity contribution in [2.24, 2.45) is 0 Å². The molecule has 1 fully saturated rings. The summed E-state index contributed by atoms with van der Waals surface area (Å²) in [6.45, 7) is 4.00. The topological polar surface area (TPSA) is 79.5 Å². The first kappa shape index (κ1) is 16.2. The second-order valence-corrected chi connectivity index (χ2v) is 5.85. The first-order valence-corrected chi connectivity index (χ1v) is 7.99. The van der Waals surface area contributed by atoms with Gasteiger partial charge in [0.15, 0.2) is 0 Å². The summed E-state index contributed by atoms with van der Waals surface area (Å²) >= 11 is 0. The van der Waals surface area contributed by atoms with E-state index in [4.69, 9.17) is 4.42 Å². The van der Waals surface area contributed by atoms with Gasteiger partial charge in [0.1, 0.15) is 0 Å². The Labute approximate surface area is 140 Å². The van der Waals surface area contributed by atoms with Gasteiger partial charge in [-0.15, -0.1) is 10.2 Å². The molecule has 7 heteroatoms. The quantitative estimate of drug-likeness (QED) is 0.771. The Hall–Kier alpha value is -2.70. The Bertz CT molecular complexity index is 693. The average Bonchev–Trinajstić information content (AvgIpc) is 3.06. The van der Waals surface area contributed by atoms with Gasteiger partial charge in [0.2, 0.25) is 24.1 Å². The Kier molecular flexibility index (Phi) is 4.88. The molecular weight excluding hydrogens is 308 g/mol. The molecule has 1 saturated heterocycles. The highest BCUT2D eigenvalue weighted by Crippen LogP contribution is 2.28. The SMILES string of the molecule is Cc1nnc(C(CC(=O)N2CCN(C=O)CC2)c2ccccc2)o1. The molecule has 1 aromatic carbocycles. The van der Waals surface area contributed by atoms with Crippen LogP contribution in [0.25, 0.3) is 0 Å². The maximum absolute atomic E-state index is 12.7. The van der Waals surface area contributed by atoms with Crippen molar-refractivity contribution in [2.75, 3.05) is 26.2 Å². The molecule has 0 saturated carbocycles. The molecule has 2 heterocycles. The van der Waals surface area contributed by atoms with Gasteiger partial charge in [-0.25, -0.2) is 0 Å². The fourth-order valence-electron chi connectivity index (χ4n) is 2.87. The Morgan fingerprint density at radius 2 is 1.92 bits per heavy atom. The van der Waals surface area contributed by atoms with Gasteiger partial charge in [-0.1, -0.05) is 30.3 Å². The van der Waals surface area contributed by atoms with E-state index in [9.17, 15) is 9.59 Å². The minimum atomic E-state index is -0.260. The maximum Gasteiger partial charge on any atom is 0.224 e. The first-order valence-electron chi connectivity index (χ1n) is 7.99. The van der Waals surface area contributed by atoms with Gasteiger partial charge in [0.05, 0.1) is 5.92 Å². The Balaban J connectivity index is 1.75. The van der Waals surface area contributed by atoms with Gasteiger partial charge in [-0.3, -0.25) is 9.59 Å². The molecule has 0 radical (unpaired) electrons. The number of hydrogen-bond acceptors (Lipinski definition) is 5. The largest absolute Gasteiger partial charge is 0.425 e. The molecule has 1 atom stereocenters. The predicted octanol–water partition coefficient (Wildman–Crippen LogP) is 1.20. The van der Waals surface area contributed by atoms with E-state index >= 15 is 0 Å². The number of aromatic nitrogens is 2. The molecule has 0 spiro atoms. The highest BCUT2D eigenvalue weighted by atomic mass is 16.4. The van der Waals surface area contributed by atoms with Crippen molar-refractivity contribution in [3.05, 3.63) is 47.7 Å². The van der Waals surface area contributed by atoms with Crippen LogP contribution in [0.4, 0.5) is 0 Å². The molecule has 0 N–H and O–H groups in total. The van der Waals surface area contributed by atoms with E-state index in [0.29, 0.717) is 38.0 Å². The number of rotatable bonds is 5. The van der Waals surface area contributed by atoms with Crippen molar-refractivity contribution in [1.29, 1.82) is 0 Å². The third-order valence-electron chi connectivity index (χ3n) is 4.24. The van der Waals surface area contributed by atoms with Crippen LogP contribution in [0.5, 0.6) is 0 Å². The van der Waals surface area contributed by atoms with E-state index in [1.807, 2.05) is 30.3 Å². The molecule has 2 amide bonds. The molecule has 1 unspecified atom stereocenters. The highest BCUT2D eigenvalue weighted by molar-refractivity contribution is 5.77. The number of nitrogens with zero attached hydrogens (tertiary/aromatic N) is 4. The van der Waals surface area contributed by atoms with Crippen molar-refractivity contribution in [3.63, 3.8) is 0 Å². The van der Waals surface area contributed by atoms with Gasteiger partial charge >= 0.3 is 0 Å². The van der Waals surface area contributed by atoms with Gasteiger partial charge in [0.25, 0.3) is 0 Å². The molecule has 0 aliphatic carbocycles. The zero-order chi connectivity index (χ0) is 16.9. The van der Waals surface area contributed by atoms with E-state index in [-0.39, 0.29) is 18.2 Å². The summed E-state index contributed by atoms with van der Waals surface area (Å²) < 4.78 is 5.58. The van der Waals surface area contributed by atoms with Gasteiger partial charge < -0.3 is 14.2 Å². The minimum absolute atomic E-state index is 0.0326. The summed E-state index contributed by atoms with van der Waals surface area (Å²) in [5, 5.41) is 7.99. The molecule has 3 rings (SSSR count). The van der Waals surface area contributed by atoms with E-state index in [0.717, 1.165) is 12.0 Å². The molecule has 7 nitrogen and oxygen atoms in total. The molecule has 126 valence electrons. The molecule has 1 aliphatic heterocycles. The van der Waals surface area contributed by atoms with Crippen LogP contribution in [0.3, 0.4) is 0 Å². The second-order valence-electron chi connectivity index (χ2n) is 5.85. The van der Waals surface area contributed by atoms with Crippen molar-refractivity contribution < 1.29 is 14.0 Å². The molecular formula is C17H20N4O3. The standard InChI is InChI=1S/C17H20N4O3/c1-13-18-19-17(24-13)15(14-5-3-2-4-6-14)11-16(23)21-9-7-20(12-22)8-10-21/h2-6,12,15H,7-11H2,1H3. The van der Waals surface area contributed by atoms with Crippen molar-refractivity contribution >= 4 is 12.3 Å². The molecule has 0 bridgehead atoms. The lowest BCUT2D eigenvalue weighted by Crippen LogP contribution is -2.48.